The van der Waals surface area contributed by atoms with Crippen molar-refractivity contribution in [3.63, 3.8) is 0 Å². The zero-order valence-electron chi connectivity index (χ0n) is 13.0. The van der Waals surface area contributed by atoms with Crippen molar-refractivity contribution >= 4 is 11.9 Å². The first-order valence-electron chi connectivity index (χ1n) is 6.82. The van der Waals surface area contributed by atoms with Crippen LogP contribution in [0, 0.1) is 5.41 Å². The van der Waals surface area contributed by atoms with Gasteiger partial charge in [0.25, 0.3) is 0 Å². The van der Waals surface area contributed by atoms with E-state index < -0.39 is 17.5 Å². The quantitative estimate of drug-likeness (QED) is 0.294. The highest BCUT2D eigenvalue weighted by atomic mass is 16.6. The van der Waals surface area contributed by atoms with Gasteiger partial charge in [-0.25, -0.2) is 4.79 Å². The van der Waals surface area contributed by atoms with Gasteiger partial charge in [0.15, 0.2) is 0 Å². The van der Waals surface area contributed by atoms with Gasteiger partial charge in [-0.05, 0) is 24.3 Å². The normalized spacial score (nSPS) is 14.0. The molecule has 0 fully saturated rings. The van der Waals surface area contributed by atoms with Gasteiger partial charge < -0.3 is 9.47 Å². The van der Waals surface area contributed by atoms with E-state index in [1.165, 1.54) is 13.0 Å². The van der Waals surface area contributed by atoms with Crippen molar-refractivity contribution in [1.29, 1.82) is 0 Å². The molecule has 0 bridgehead atoms. The number of unbranched alkanes of at least 4 members (excludes halogenated alkanes) is 1. The zero-order valence-corrected chi connectivity index (χ0v) is 13.0. The summed E-state index contributed by atoms with van der Waals surface area (Å²) >= 11 is 0. The molecule has 0 aromatic carbocycles. The molecule has 0 aliphatic carbocycles. The fourth-order valence-electron chi connectivity index (χ4n) is 1.90. The summed E-state index contributed by atoms with van der Waals surface area (Å²) in [6, 6.07) is 0. The summed E-state index contributed by atoms with van der Waals surface area (Å²) in [5.41, 5.74) is -1.18. The number of esters is 2. The maximum absolute atomic E-state index is 12.0. The Morgan fingerprint density at radius 1 is 1.10 bits per heavy atom. The molecule has 1 atom stereocenters. The summed E-state index contributed by atoms with van der Waals surface area (Å²) < 4.78 is 9.93. The van der Waals surface area contributed by atoms with Gasteiger partial charge in [-0.2, -0.15) is 0 Å². The van der Waals surface area contributed by atoms with Crippen molar-refractivity contribution in [2.75, 3.05) is 0 Å². The van der Waals surface area contributed by atoms with Crippen LogP contribution < -0.4 is 0 Å². The number of carbonyl (C=O) groups is 2. The number of rotatable bonds is 8. The molecule has 0 aliphatic heterocycles. The summed E-state index contributed by atoms with van der Waals surface area (Å²) in [4.78, 5) is 23.2. The lowest BCUT2D eigenvalue weighted by molar-refractivity contribution is -0.172. The van der Waals surface area contributed by atoms with E-state index in [1.54, 1.807) is 0 Å². The van der Waals surface area contributed by atoms with Gasteiger partial charge in [0.2, 0.25) is 5.60 Å². The van der Waals surface area contributed by atoms with E-state index in [1.807, 2.05) is 0 Å². The van der Waals surface area contributed by atoms with Crippen LogP contribution in [0.3, 0.4) is 0 Å². The second-order valence-electron chi connectivity index (χ2n) is 6.03. The summed E-state index contributed by atoms with van der Waals surface area (Å²) in [6.45, 7) is 14.7. The van der Waals surface area contributed by atoms with Gasteiger partial charge in [-0.15, -0.1) is 0 Å². The lowest BCUT2D eigenvalue weighted by Crippen LogP contribution is -2.41. The standard InChI is InChI=1S/C16H26O4/c1-7-16(20-13(3)17,14(18)19-8-2)12-10-9-11-15(4,5)6/h7-8H,1-2,9-12H2,3-6H3. The topological polar surface area (TPSA) is 52.6 Å². The molecule has 20 heavy (non-hydrogen) atoms. The first-order chi connectivity index (χ1) is 9.17. The minimum absolute atomic E-state index is 0.236. The third-order valence-corrected chi connectivity index (χ3v) is 2.92. The van der Waals surface area contributed by atoms with Crippen LogP contribution in [0.2, 0.25) is 0 Å². The molecule has 0 radical (unpaired) electrons. The molecule has 114 valence electrons. The summed E-state index contributed by atoms with van der Waals surface area (Å²) in [6.07, 6.45) is 5.41. The molecule has 1 unspecified atom stereocenters. The molecule has 4 nitrogen and oxygen atoms in total. The second kappa shape index (κ2) is 7.88. The average molecular weight is 282 g/mol. The Morgan fingerprint density at radius 2 is 1.65 bits per heavy atom. The van der Waals surface area contributed by atoms with Crippen molar-refractivity contribution in [3.8, 4) is 0 Å². The predicted molar refractivity (Wildman–Crippen MR) is 78.9 cm³/mol. The Labute approximate surface area is 121 Å². The van der Waals surface area contributed by atoms with Crippen LogP contribution in [-0.4, -0.2) is 17.5 Å². The first-order valence-corrected chi connectivity index (χ1v) is 6.82. The molecule has 0 aliphatic rings. The van der Waals surface area contributed by atoms with E-state index in [-0.39, 0.29) is 5.41 Å². The van der Waals surface area contributed by atoms with Crippen molar-refractivity contribution in [2.24, 2.45) is 5.41 Å². The maximum atomic E-state index is 12.0. The summed E-state index contributed by atoms with van der Waals surface area (Å²) in [5, 5.41) is 0. The number of hydrogen-bond acceptors (Lipinski definition) is 4. The van der Waals surface area contributed by atoms with Crippen LogP contribution in [0.25, 0.3) is 0 Å². The first kappa shape index (κ1) is 18.4. The van der Waals surface area contributed by atoms with E-state index in [9.17, 15) is 9.59 Å². The Morgan fingerprint density at radius 3 is 2.05 bits per heavy atom. The number of hydrogen-bond donors (Lipinski definition) is 0. The fraction of sp³-hybridized carbons (Fsp3) is 0.625. The smallest absolute Gasteiger partial charge is 0.359 e. The third-order valence-electron chi connectivity index (χ3n) is 2.92. The van der Waals surface area contributed by atoms with E-state index in [4.69, 9.17) is 9.47 Å². The van der Waals surface area contributed by atoms with Crippen LogP contribution in [-0.2, 0) is 19.1 Å². The van der Waals surface area contributed by atoms with Crippen LogP contribution in [0.5, 0.6) is 0 Å². The molecule has 0 saturated heterocycles. The number of carbonyl (C=O) groups excluding carboxylic acids is 2. The molecular formula is C16H26O4. The molecular weight excluding hydrogens is 256 g/mol. The molecule has 0 saturated carbocycles. The monoisotopic (exact) mass is 282 g/mol. The lowest BCUT2D eigenvalue weighted by atomic mass is 9.87. The summed E-state index contributed by atoms with van der Waals surface area (Å²) in [5.74, 6) is -1.20. The highest BCUT2D eigenvalue weighted by molar-refractivity contribution is 5.85. The SMILES string of the molecule is C=COC(=O)C(C=C)(CCCCC(C)(C)C)OC(C)=O. The van der Waals surface area contributed by atoms with Crippen LogP contribution >= 0.6 is 0 Å². The van der Waals surface area contributed by atoms with Crippen molar-refractivity contribution < 1.29 is 19.1 Å². The van der Waals surface area contributed by atoms with Crippen molar-refractivity contribution in [3.05, 3.63) is 25.5 Å². The van der Waals surface area contributed by atoms with Gasteiger partial charge in [-0.1, -0.05) is 40.3 Å². The minimum atomic E-state index is -1.42. The third kappa shape index (κ3) is 6.55. The summed E-state index contributed by atoms with van der Waals surface area (Å²) in [7, 11) is 0. The van der Waals surface area contributed by atoms with E-state index in [2.05, 4.69) is 33.9 Å². The van der Waals surface area contributed by atoms with E-state index >= 15 is 0 Å². The highest BCUT2D eigenvalue weighted by Crippen LogP contribution is 2.27. The molecule has 0 rings (SSSR count). The number of ether oxygens (including phenoxy) is 2. The van der Waals surface area contributed by atoms with Crippen molar-refractivity contribution in [2.45, 2.75) is 59.0 Å². The van der Waals surface area contributed by atoms with Gasteiger partial charge in [0.1, 0.15) is 0 Å². The second-order valence-corrected chi connectivity index (χ2v) is 6.03. The Hall–Kier alpha value is -1.58. The maximum Gasteiger partial charge on any atom is 0.359 e. The molecule has 4 heteroatoms. The van der Waals surface area contributed by atoms with Gasteiger partial charge in [0.05, 0.1) is 6.26 Å². The molecule has 0 heterocycles. The zero-order chi connectivity index (χ0) is 15.8. The van der Waals surface area contributed by atoms with Crippen molar-refractivity contribution in [1.82, 2.24) is 0 Å². The minimum Gasteiger partial charge on any atom is -0.443 e. The lowest BCUT2D eigenvalue weighted by Gasteiger charge is -2.27. The molecule has 0 spiro atoms. The van der Waals surface area contributed by atoms with Crippen LogP contribution in [0.15, 0.2) is 25.5 Å². The molecule has 0 aromatic heterocycles. The van der Waals surface area contributed by atoms with Gasteiger partial charge in [0, 0.05) is 13.3 Å². The van der Waals surface area contributed by atoms with Gasteiger partial charge >= 0.3 is 11.9 Å². The molecule has 0 aromatic rings. The molecule has 0 N–H and O–H groups in total. The Balaban J connectivity index is 4.75. The Bertz CT molecular complexity index is 365. The molecule has 0 amide bonds. The largest absolute Gasteiger partial charge is 0.443 e. The van der Waals surface area contributed by atoms with Gasteiger partial charge in [-0.3, -0.25) is 4.79 Å². The Kier molecular flexibility index (Phi) is 7.25. The van der Waals surface area contributed by atoms with Crippen LogP contribution in [0.4, 0.5) is 0 Å². The van der Waals surface area contributed by atoms with E-state index in [0.717, 1.165) is 25.5 Å². The highest BCUT2D eigenvalue weighted by Gasteiger charge is 2.40. The predicted octanol–water partition coefficient (Wildman–Crippen LogP) is 3.77. The average Bonchev–Trinajstić information content (AvgIpc) is 2.31. The van der Waals surface area contributed by atoms with E-state index in [0.29, 0.717) is 6.42 Å². The fourth-order valence-corrected chi connectivity index (χ4v) is 1.90. The van der Waals surface area contributed by atoms with Crippen LogP contribution in [0.1, 0.15) is 53.4 Å².